The Morgan fingerprint density at radius 1 is 0.517 bits per heavy atom. The van der Waals surface area contributed by atoms with Crippen LogP contribution >= 0.6 is 7.82 Å². The van der Waals surface area contributed by atoms with Crippen molar-refractivity contribution in [2.75, 3.05) is 19.8 Å². The van der Waals surface area contributed by atoms with Gasteiger partial charge in [0.05, 0.1) is 13.2 Å². The highest BCUT2D eigenvalue weighted by molar-refractivity contribution is 7.47. The van der Waals surface area contributed by atoms with Crippen molar-refractivity contribution < 1.29 is 47.5 Å². The molecule has 4 N–H and O–H groups in total. The van der Waals surface area contributed by atoms with Gasteiger partial charge in [-0.2, -0.15) is 0 Å². The number of carbonyl (C=O) groups excluding carboxylic acids is 2. The molecule has 0 aromatic rings. The van der Waals surface area contributed by atoms with Crippen LogP contribution in [0.3, 0.4) is 0 Å². The van der Waals surface area contributed by atoms with Gasteiger partial charge in [0.2, 0.25) is 0 Å². The van der Waals surface area contributed by atoms with Crippen LogP contribution in [0.2, 0.25) is 0 Å². The Hall–Kier alpha value is -1.78. The van der Waals surface area contributed by atoms with Crippen molar-refractivity contribution in [3.63, 3.8) is 0 Å². The van der Waals surface area contributed by atoms with Gasteiger partial charge in [-0.1, -0.05) is 193 Å². The number of carboxylic acids is 1. The number of rotatable bonds is 45. The molecule has 0 amide bonds. The van der Waals surface area contributed by atoms with E-state index in [1.807, 2.05) is 0 Å². The van der Waals surface area contributed by atoms with Crippen molar-refractivity contribution in [2.45, 2.75) is 244 Å². The molecule has 0 aliphatic heterocycles. The Bertz CT molecular complexity index is 1040. The first-order valence-electron chi connectivity index (χ1n) is 23.7. The number of carbonyl (C=O) groups is 3. The van der Waals surface area contributed by atoms with Crippen molar-refractivity contribution in [3.05, 3.63) is 12.2 Å². The Morgan fingerprint density at radius 3 is 1.28 bits per heavy atom. The summed E-state index contributed by atoms with van der Waals surface area (Å²) in [5.74, 6) is -2.37. The average molecular weight is 846 g/mol. The van der Waals surface area contributed by atoms with Gasteiger partial charge in [-0.15, -0.1) is 0 Å². The van der Waals surface area contributed by atoms with Crippen LogP contribution in [0.5, 0.6) is 0 Å². The molecule has 0 heterocycles. The van der Waals surface area contributed by atoms with E-state index in [0.717, 1.165) is 44.9 Å². The van der Waals surface area contributed by atoms with E-state index in [0.29, 0.717) is 12.8 Å². The summed E-state index contributed by atoms with van der Waals surface area (Å²) < 4.78 is 32.8. The van der Waals surface area contributed by atoms with Crippen molar-refractivity contribution >= 4 is 25.7 Å². The maximum atomic E-state index is 12.6. The molecule has 0 saturated heterocycles. The zero-order valence-electron chi connectivity index (χ0n) is 37.2. The van der Waals surface area contributed by atoms with E-state index in [-0.39, 0.29) is 19.4 Å². The Balaban J connectivity index is 4.25. The van der Waals surface area contributed by atoms with Gasteiger partial charge in [0, 0.05) is 12.8 Å². The number of hydrogen-bond donors (Lipinski definition) is 3. The number of hydrogen-bond acceptors (Lipinski definition) is 9. The van der Waals surface area contributed by atoms with Crippen LogP contribution in [0.25, 0.3) is 0 Å². The second-order valence-corrected chi connectivity index (χ2v) is 17.7. The Labute approximate surface area is 354 Å². The number of unbranched alkanes of at least 4 members (excludes halogenated alkanes) is 29. The van der Waals surface area contributed by atoms with Crippen LogP contribution < -0.4 is 5.73 Å². The van der Waals surface area contributed by atoms with E-state index in [9.17, 15) is 23.8 Å². The minimum absolute atomic E-state index is 0.160. The summed E-state index contributed by atoms with van der Waals surface area (Å²) in [5, 5.41) is 8.90. The lowest BCUT2D eigenvalue weighted by atomic mass is 10.0. The standard InChI is InChI=1S/C46H88NO10P/c1-3-5-7-9-11-13-15-17-19-20-21-22-24-25-27-29-31-33-35-37-44(48)54-39-42(40-55-58(52,53)56-41-43(47)46(50)51)57-45(49)38-36-34-32-30-28-26-23-18-16-14-12-10-8-6-4-2/h14,16,42-43H,3-13,15,17-41,47H2,1-2H3,(H,50,51)(H,52,53)/b16-14+/t42-,43+/m1/s1. The van der Waals surface area contributed by atoms with Crippen LogP contribution in [0.4, 0.5) is 0 Å². The summed E-state index contributed by atoms with van der Waals surface area (Å²) in [6.45, 7) is 2.82. The molecule has 0 radical (unpaired) electrons. The third kappa shape index (κ3) is 41.0. The molecule has 0 bridgehead atoms. The lowest BCUT2D eigenvalue weighted by molar-refractivity contribution is -0.161. The first-order valence-corrected chi connectivity index (χ1v) is 25.2. The fourth-order valence-electron chi connectivity index (χ4n) is 6.77. The van der Waals surface area contributed by atoms with Crippen LogP contribution in [-0.4, -0.2) is 59.9 Å². The van der Waals surface area contributed by atoms with Gasteiger partial charge in [-0.3, -0.25) is 23.4 Å². The molecule has 1 unspecified atom stereocenters. The average Bonchev–Trinajstić information content (AvgIpc) is 3.20. The van der Waals surface area contributed by atoms with Crippen LogP contribution in [0, 0.1) is 0 Å². The third-order valence-corrected chi connectivity index (χ3v) is 11.5. The van der Waals surface area contributed by atoms with Crippen molar-refractivity contribution in [2.24, 2.45) is 5.73 Å². The first kappa shape index (κ1) is 56.2. The smallest absolute Gasteiger partial charge is 0.472 e. The molecule has 11 nitrogen and oxygen atoms in total. The van der Waals surface area contributed by atoms with E-state index in [2.05, 4.69) is 30.5 Å². The van der Waals surface area contributed by atoms with Gasteiger partial charge in [-0.05, 0) is 38.5 Å². The second-order valence-electron chi connectivity index (χ2n) is 16.2. The van der Waals surface area contributed by atoms with E-state index in [1.54, 1.807) is 0 Å². The minimum Gasteiger partial charge on any atom is -0.480 e. The summed E-state index contributed by atoms with van der Waals surface area (Å²) >= 11 is 0. The number of aliphatic carboxylic acids is 1. The molecule has 3 atom stereocenters. The van der Waals surface area contributed by atoms with Crippen molar-refractivity contribution in [3.8, 4) is 0 Å². The number of carboxylic acid groups (broad SMARTS) is 1. The minimum atomic E-state index is -4.71. The fraction of sp³-hybridized carbons (Fsp3) is 0.891. The van der Waals surface area contributed by atoms with Crippen LogP contribution in [-0.2, 0) is 37.5 Å². The van der Waals surface area contributed by atoms with E-state index in [1.165, 1.54) is 148 Å². The summed E-state index contributed by atoms with van der Waals surface area (Å²) in [6, 6.07) is -1.52. The van der Waals surface area contributed by atoms with Gasteiger partial charge in [0.15, 0.2) is 6.10 Å². The maximum absolute atomic E-state index is 12.6. The predicted molar refractivity (Wildman–Crippen MR) is 236 cm³/mol. The number of esters is 2. The van der Waals surface area contributed by atoms with Gasteiger partial charge in [0.1, 0.15) is 12.6 Å². The molecule has 0 saturated carbocycles. The number of phosphoric ester groups is 1. The molecule has 0 aliphatic rings. The highest BCUT2D eigenvalue weighted by atomic mass is 31.2. The molecule has 342 valence electrons. The van der Waals surface area contributed by atoms with Gasteiger partial charge in [-0.25, -0.2) is 4.57 Å². The summed E-state index contributed by atoms with van der Waals surface area (Å²) in [7, 11) is -4.71. The molecule has 12 heteroatoms. The number of nitrogens with two attached hydrogens (primary N) is 1. The molecule has 58 heavy (non-hydrogen) atoms. The maximum Gasteiger partial charge on any atom is 0.472 e. The topological polar surface area (TPSA) is 172 Å². The zero-order chi connectivity index (χ0) is 42.8. The zero-order valence-corrected chi connectivity index (χ0v) is 38.1. The van der Waals surface area contributed by atoms with Crippen LogP contribution in [0.15, 0.2) is 12.2 Å². The van der Waals surface area contributed by atoms with E-state index in [4.69, 9.17) is 24.8 Å². The second kappa shape index (κ2) is 41.9. The molecule has 0 fully saturated rings. The molecule has 0 spiro atoms. The lowest BCUT2D eigenvalue weighted by Gasteiger charge is -2.20. The largest absolute Gasteiger partial charge is 0.480 e. The Kier molecular flexibility index (Phi) is 40.6. The summed E-state index contributed by atoms with van der Waals surface area (Å²) in [4.78, 5) is 46.0. The summed E-state index contributed by atoms with van der Waals surface area (Å²) in [6.07, 6.45) is 42.7. The molecule has 0 aromatic heterocycles. The van der Waals surface area contributed by atoms with Crippen molar-refractivity contribution in [1.29, 1.82) is 0 Å². The normalized spacial score (nSPS) is 13.7. The van der Waals surface area contributed by atoms with Crippen LogP contribution in [0.1, 0.15) is 232 Å². The Morgan fingerprint density at radius 2 is 0.862 bits per heavy atom. The fourth-order valence-corrected chi connectivity index (χ4v) is 7.55. The summed E-state index contributed by atoms with van der Waals surface area (Å²) in [5.41, 5.74) is 5.34. The molecule has 0 aromatic carbocycles. The quantitative estimate of drug-likeness (QED) is 0.0230. The number of allylic oxidation sites excluding steroid dienone is 2. The van der Waals surface area contributed by atoms with Gasteiger partial charge < -0.3 is 25.2 Å². The SMILES string of the molecule is CCCCCC/C=C/CCCCCCCCCC(=O)O[C@H](COC(=O)CCCCCCCCCCCCCCCCCCCCC)COP(=O)(O)OC[C@H](N)C(=O)O. The lowest BCUT2D eigenvalue weighted by Crippen LogP contribution is -2.34. The highest BCUT2D eigenvalue weighted by Crippen LogP contribution is 2.43. The number of ether oxygens (including phenoxy) is 2. The highest BCUT2D eigenvalue weighted by Gasteiger charge is 2.28. The first-order chi connectivity index (χ1) is 28.1. The van der Waals surface area contributed by atoms with E-state index >= 15 is 0 Å². The number of phosphoric acid groups is 1. The third-order valence-electron chi connectivity index (χ3n) is 10.5. The van der Waals surface area contributed by atoms with Gasteiger partial charge in [0.25, 0.3) is 0 Å². The molecular formula is C46H88NO10P. The van der Waals surface area contributed by atoms with E-state index < -0.39 is 51.1 Å². The molecular weight excluding hydrogens is 757 g/mol. The monoisotopic (exact) mass is 846 g/mol. The molecule has 0 rings (SSSR count). The van der Waals surface area contributed by atoms with Gasteiger partial charge >= 0.3 is 25.7 Å². The predicted octanol–water partition coefficient (Wildman–Crippen LogP) is 12.8. The molecule has 0 aliphatic carbocycles. The van der Waals surface area contributed by atoms with Crippen molar-refractivity contribution in [1.82, 2.24) is 0 Å².